The Kier molecular flexibility index (Phi) is 6.43. The molecule has 2 aromatic carbocycles. The fourth-order valence-corrected chi connectivity index (χ4v) is 4.46. The molecule has 1 aliphatic rings. The first kappa shape index (κ1) is 24.5. The summed E-state index contributed by atoms with van der Waals surface area (Å²) in [6, 6.07) is 13.2. The van der Waals surface area contributed by atoms with Gasteiger partial charge in [-0.3, -0.25) is 19.5 Å². The number of aliphatic hydroxyl groups is 1. The number of nitrogens with zero attached hydrogens (tertiary/aromatic N) is 2. The molecule has 180 valence electrons. The van der Waals surface area contributed by atoms with Gasteiger partial charge in [0.2, 0.25) is 0 Å². The summed E-state index contributed by atoms with van der Waals surface area (Å²) in [5.41, 5.74) is 2.95. The van der Waals surface area contributed by atoms with Crippen molar-refractivity contribution in [3.05, 3.63) is 93.8 Å². The van der Waals surface area contributed by atoms with E-state index in [9.17, 15) is 14.7 Å². The molecular formula is C28H27ClN2O4. The minimum absolute atomic E-state index is 0.0232. The monoisotopic (exact) mass is 490 g/mol. The Labute approximate surface area is 209 Å². The minimum atomic E-state index is -0.877. The van der Waals surface area contributed by atoms with Gasteiger partial charge in [0.1, 0.15) is 11.5 Å². The lowest BCUT2D eigenvalue weighted by molar-refractivity contribution is -0.132. The van der Waals surface area contributed by atoms with Gasteiger partial charge in [0.25, 0.3) is 11.7 Å². The molecule has 0 bridgehead atoms. The molecule has 1 N–H and O–H groups in total. The number of aliphatic hydroxyl groups excluding tert-OH is 1. The van der Waals surface area contributed by atoms with Crippen molar-refractivity contribution >= 4 is 34.7 Å². The molecule has 1 fully saturated rings. The van der Waals surface area contributed by atoms with Crippen LogP contribution in [0.3, 0.4) is 0 Å². The summed E-state index contributed by atoms with van der Waals surface area (Å²) in [6.07, 6.45) is 3.17. The van der Waals surface area contributed by atoms with E-state index in [2.05, 4.69) is 25.8 Å². The summed E-state index contributed by atoms with van der Waals surface area (Å²) in [6.45, 7) is 7.99. The minimum Gasteiger partial charge on any atom is -0.507 e. The Morgan fingerprint density at radius 2 is 1.74 bits per heavy atom. The number of ether oxygens (including phenoxy) is 1. The molecular weight excluding hydrogens is 464 g/mol. The fourth-order valence-electron chi connectivity index (χ4n) is 4.29. The first-order chi connectivity index (χ1) is 16.5. The van der Waals surface area contributed by atoms with Crippen LogP contribution in [0.5, 0.6) is 5.75 Å². The van der Waals surface area contributed by atoms with E-state index < -0.39 is 17.7 Å². The lowest BCUT2D eigenvalue weighted by Gasteiger charge is -2.27. The summed E-state index contributed by atoms with van der Waals surface area (Å²) >= 11 is 6.26. The molecule has 1 saturated heterocycles. The molecule has 2 heterocycles. The average molecular weight is 491 g/mol. The standard InChI is InChI=1S/C28H27ClN2O4/c1-16-6-8-19(29)15-21(16)31-24(17-10-12-30-13-11-17)23(26(33)27(31)34)25(32)20-14-18(28(2,3)4)7-9-22(20)35-5/h6-15,24,32H,1-5H3/b25-23+. The first-order valence-electron chi connectivity index (χ1n) is 11.2. The van der Waals surface area contributed by atoms with E-state index in [0.29, 0.717) is 27.6 Å². The highest BCUT2D eigenvalue weighted by Gasteiger charge is 2.47. The number of aryl methyl sites for hydroxylation is 1. The number of pyridine rings is 1. The van der Waals surface area contributed by atoms with E-state index in [1.54, 1.807) is 54.9 Å². The van der Waals surface area contributed by atoms with E-state index in [0.717, 1.165) is 11.1 Å². The predicted molar refractivity (Wildman–Crippen MR) is 137 cm³/mol. The lowest BCUT2D eigenvalue weighted by atomic mass is 9.85. The molecule has 1 aromatic heterocycles. The number of carbonyl (C=O) groups is 2. The van der Waals surface area contributed by atoms with E-state index in [1.807, 2.05) is 13.0 Å². The van der Waals surface area contributed by atoms with Gasteiger partial charge in [0.05, 0.1) is 24.3 Å². The molecule has 35 heavy (non-hydrogen) atoms. The second-order valence-electron chi connectivity index (χ2n) is 9.55. The Morgan fingerprint density at radius 3 is 2.37 bits per heavy atom. The second kappa shape index (κ2) is 9.19. The molecule has 1 amide bonds. The number of aromatic nitrogens is 1. The van der Waals surface area contributed by atoms with Gasteiger partial charge in [-0.05, 0) is 65.4 Å². The summed E-state index contributed by atoms with van der Waals surface area (Å²) < 4.78 is 5.51. The van der Waals surface area contributed by atoms with Gasteiger partial charge in [-0.1, -0.05) is 44.5 Å². The van der Waals surface area contributed by atoms with Gasteiger partial charge in [0, 0.05) is 23.1 Å². The maximum absolute atomic E-state index is 13.5. The van der Waals surface area contributed by atoms with Crippen LogP contribution in [0.2, 0.25) is 5.02 Å². The van der Waals surface area contributed by atoms with Gasteiger partial charge in [-0.2, -0.15) is 0 Å². The predicted octanol–water partition coefficient (Wildman–Crippen LogP) is 5.98. The number of amides is 1. The van der Waals surface area contributed by atoms with E-state index in [4.69, 9.17) is 16.3 Å². The quantitative estimate of drug-likeness (QED) is 0.276. The number of ketones is 1. The molecule has 0 radical (unpaired) electrons. The van der Waals surface area contributed by atoms with Crippen LogP contribution in [0, 0.1) is 6.92 Å². The van der Waals surface area contributed by atoms with Crippen LogP contribution in [-0.2, 0) is 15.0 Å². The highest BCUT2D eigenvalue weighted by Crippen LogP contribution is 2.45. The summed E-state index contributed by atoms with van der Waals surface area (Å²) in [5.74, 6) is -1.43. The van der Waals surface area contributed by atoms with Crippen LogP contribution >= 0.6 is 11.6 Å². The number of halogens is 1. The molecule has 0 aliphatic carbocycles. The molecule has 6 nitrogen and oxygen atoms in total. The zero-order chi connectivity index (χ0) is 25.5. The van der Waals surface area contributed by atoms with Crippen molar-refractivity contribution in [2.45, 2.75) is 39.2 Å². The molecule has 1 atom stereocenters. The summed E-state index contributed by atoms with van der Waals surface area (Å²) in [5, 5.41) is 12.0. The Morgan fingerprint density at radius 1 is 1.06 bits per heavy atom. The lowest BCUT2D eigenvalue weighted by Crippen LogP contribution is -2.30. The van der Waals surface area contributed by atoms with Crippen molar-refractivity contribution in [3.8, 4) is 5.75 Å². The zero-order valence-electron chi connectivity index (χ0n) is 20.3. The maximum Gasteiger partial charge on any atom is 0.300 e. The van der Waals surface area contributed by atoms with Crippen LogP contribution in [0.4, 0.5) is 5.69 Å². The van der Waals surface area contributed by atoms with Crippen LogP contribution in [-0.4, -0.2) is 28.9 Å². The molecule has 4 rings (SSSR count). The second-order valence-corrected chi connectivity index (χ2v) is 9.98. The van der Waals surface area contributed by atoms with Crippen molar-refractivity contribution in [1.82, 2.24) is 4.98 Å². The summed E-state index contributed by atoms with van der Waals surface area (Å²) in [4.78, 5) is 32.4. The van der Waals surface area contributed by atoms with Crippen LogP contribution in [0.15, 0.2) is 66.5 Å². The van der Waals surface area contributed by atoms with Gasteiger partial charge in [-0.25, -0.2) is 0 Å². The molecule has 1 unspecified atom stereocenters. The molecule has 3 aromatic rings. The van der Waals surface area contributed by atoms with E-state index in [1.165, 1.54) is 12.0 Å². The number of hydrogen-bond acceptors (Lipinski definition) is 5. The van der Waals surface area contributed by atoms with Gasteiger partial charge in [0.15, 0.2) is 0 Å². The van der Waals surface area contributed by atoms with Crippen molar-refractivity contribution in [2.24, 2.45) is 0 Å². The van der Waals surface area contributed by atoms with Gasteiger partial charge in [-0.15, -0.1) is 0 Å². The van der Waals surface area contributed by atoms with Crippen LogP contribution < -0.4 is 9.64 Å². The van der Waals surface area contributed by atoms with Crippen molar-refractivity contribution in [2.75, 3.05) is 12.0 Å². The number of benzene rings is 2. The maximum atomic E-state index is 13.5. The van der Waals surface area contributed by atoms with Crippen molar-refractivity contribution in [1.29, 1.82) is 0 Å². The zero-order valence-corrected chi connectivity index (χ0v) is 21.1. The fraction of sp³-hybridized carbons (Fsp3) is 0.250. The Hall–Kier alpha value is -3.64. The third kappa shape index (κ3) is 4.42. The number of anilines is 1. The number of carbonyl (C=O) groups excluding carboxylic acids is 2. The number of methoxy groups -OCH3 is 1. The van der Waals surface area contributed by atoms with Crippen molar-refractivity contribution < 1.29 is 19.4 Å². The molecule has 0 saturated carbocycles. The largest absolute Gasteiger partial charge is 0.507 e. The smallest absolute Gasteiger partial charge is 0.300 e. The average Bonchev–Trinajstić information content (AvgIpc) is 3.10. The molecule has 1 aliphatic heterocycles. The number of Topliss-reactive ketones (excluding diaryl/α,β-unsaturated/α-hetero) is 1. The summed E-state index contributed by atoms with van der Waals surface area (Å²) in [7, 11) is 1.50. The third-order valence-corrected chi connectivity index (χ3v) is 6.45. The Balaban J connectivity index is 2.02. The van der Waals surface area contributed by atoms with Gasteiger partial charge < -0.3 is 9.84 Å². The van der Waals surface area contributed by atoms with E-state index >= 15 is 0 Å². The first-order valence-corrected chi connectivity index (χ1v) is 11.6. The Bertz CT molecular complexity index is 1340. The highest BCUT2D eigenvalue weighted by molar-refractivity contribution is 6.52. The van der Waals surface area contributed by atoms with E-state index in [-0.39, 0.29) is 16.7 Å². The van der Waals surface area contributed by atoms with Crippen molar-refractivity contribution in [3.63, 3.8) is 0 Å². The molecule has 0 spiro atoms. The van der Waals surface area contributed by atoms with Crippen LogP contribution in [0.1, 0.15) is 49.1 Å². The third-order valence-electron chi connectivity index (χ3n) is 6.22. The topological polar surface area (TPSA) is 79.7 Å². The van der Waals surface area contributed by atoms with Gasteiger partial charge >= 0.3 is 0 Å². The SMILES string of the molecule is COc1ccc(C(C)(C)C)cc1/C(O)=C1\C(=O)C(=O)N(c2cc(Cl)ccc2C)C1c1ccncc1. The highest BCUT2D eigenvalue weighted by atomic mass is 35.5. The normalized spacial score (nSPS) is 17.7. The number of rotatable bonds is 4. The van der Waals surface area contributed by atoms with Crippen LogP contribution in [0.25, 0.3) is 5.76 Å². The number of hydrogen-bond donors (Lipinski definition) is 1. The molecule has 7 heteroatoms.